The molecule has 0 unspecified atom stereocenters. The van der Waals surface area contributed by atoms with Gasteiger partial charge < -0.3 is 9.88 Å². The van der Waals surface area contributed by atoms with Crippen molar-refractivity contribution in [3.8, 4) is 0 Å². The number of imidazole rings is 1. The molecule has 2 rings (SSSR count). The number of aryl methyl sites for hydroxylation is 2. The Balaban J connectivity index is 2.20. The fourth-order valence-corrected chi connectivity index (χ4v) is 1.91. The molecule has 0 saturated carbocycles. The molecule has 0 bridgehead atoms. The maximum absolute atomic E-state index is 4.51. The average molecular weight is 244 g/mol. The Hall–Kier alpha value is -1.84. The number of anilines is 1. The van der Waals surface area contributed by atoms with Crippen LogP contribution in [0.5, 0.6) is 0 Å². The van der Waals surface area contributed by atoms with Gasteiger partial charge in [0.25, 0.3) is 0 Å². The van der Waals surface area contributed by atoms with Gasteiger partial charge in [-0.2, -0.15) is 0 Å². The van der Waals surface area contributed by atoms with Crippen molar-refractivity contribution in [1.82, 2.24) is 14.5 Å². The second-order valence-electron chi connectivity index (χ2n) is 4.56. The molecule has 2 aromatic heterocycles. The predicted octanol–water partition coefficient (Wildman–Crippen LogP) is 2.77. The minimum absolute atomic E-state index is 0.835. The quantitative estimate of drug-likeness (QED) is 0.879. The molecule has 2 heterocycles. The highest BCUT2D eigenvalue weighted by molar-refractivity contribution is 5.31. The third kappa shape index (κ3) is 2.88. The fourth-order valence-electron chi connectivity index (χ4n) is 1.91. The van der Waals surface area contributed by atoms with Crippen molar-refractivity contribution in [1.29, 1.82) is 0 Å². The lowest BCUT2D eigenvalue weighted by atomic mass is 10.1. The molecule has 0 aliphatic rings. The Kier molecular flexibility index (Phi) is 3.97. The van der Waals surface area contributed by atoms with Crippen LogP contribution in [0.25, 0.3) is 0 Å². The highest BCUT2D eigenvalue weighted by atomic mass is 15.2. The number of hydrogen-bond donors (Lipinski definition) is 1. The van der Waals surface area contributed by atoms with Crippen molar-refractivity contribution in [2.24, 2.45) is 0 Å². The summed E-state index contributed by atoms with van der Waals surface area (Å²) in [5.74, 6) is 0.950. The van der Waals surface area contributed by atoms with Crippen molar-refractivity contribution in [3.05, 3.63) is 41.5 Å². The van der Waals surface area contributed by atoms with E-state index in [4.69, 9.17) is 0 Å². The second kappa shape index (κ2) is 5.67. The lowest BCUT2D eigenvalue weighted by Gasteiger charge is -2.10. The summed E-state index contributed by atoms with van der Waals surface area (Å²) in [6, 6.07) is 2.06. The Labute approximate surface area is 108 Å². The van der Waals surface area contributed by atoms with E-state index in [9.17, 15) is 0 Å². The van der Waals surface area contributed by atoms with E-state index in [1.54, 1.807) is 0 Å². The van der Waals surface area contributed by atoms with Crippen LogP contribution < -0.4 is 5.32 Å². The first-order chi connectivity index (χ1) is 8.70. The fraction of sp³-hybridized carbons (Fsp3) is 0.429. The molecule has 0 aliphatic carbocycles. The molecule has 0 amide bonds. The standard InChI is InChI=1S/C14H20N4/c1-4-6-16-14-17-12(3)9-18(14)10-13-5-7-15-8-11(13)2/h5,7-9H,4,6,10H2,1-3H3,(H,16,17). The summed E-state index contributed by atoms with van der Waals surface area (Å²) in [5.41, 5.74) is 3.53. The molecule has 0 radical (unpaired) electrons. The highest BCUT2D eigenvalue weighted by Gasteiger charge is 2.06. The second-order valence-corrected chi connectivity index (χ2v) is 4.56. The number of nitrogens with one attached hydrogen (secondary N) is 1. The van der Waals surface area contributed by atoms with E-state index in [1.807, 2.05) is 19.3 Å². The zero-order chi connectivity index (χ0) is 13.0. The van der Waals surface area contributed by atoms with Gasteiger partial charge in [-0.3, -0.25) is 4.98 Å². The smallest absolute Gasteiger partial charge is 0.203 e. The summed E-state index contributed by atoms with van der Waals surface area (Å²) in [7, 11) is 0. The van der Waals surface area contributed by atoms with E-state index in [-0.39, 0.29) is 0 Å². The Morgan fingerprint density at radius 1 is 1.33 bits per heavy atom. The first-order valence-corrected chi connectivity index (χ1v) is 6.38. The lowest BCUT2D eigenvalue weighted by molar-refractivity contribution is 0.786. The maximum atomic E-state index is 4.51. The zero-order valence-corrected chi connectivity index (χ0v) is 11.3. The van der Waals surface area contributed by atoms with Gasteiger partial charge in [-0.25, -0.2) is 4.98 Å². The summed E-state index contributed by atoms with van der Waals surface area (Å²) in [4.78, 5) is 8.63. The summed E-state index contributed by atoms with van der Waals surface area (Å²) in [6.45, 7) is 8.05. The molecule has 0 aromatic carbocycles. The van der Waals surface area contributed by atoms with Crippen molar-refractivity contribution in [2.45, 2.75) is 33.7 Å². The Bertz CT molecular complexity index is 516. The van der Waals surface area contributed by atoms with Crippen LogP contribution in [0.4, 0.5) is 5.95 Å². The topological polar surface area (TPSA) is 42.7 Å². The molecule has 0 spiro atoms. The maximum Gasteiger partial charge on any atom is 0.203 e. The van der Waals surface area contributed by atoms with Crippen LogP contribution >= 0.6 is 0 Å². The molecule has 1 N–H and O–H groups in total. The predicted molar refractivity (Wildman–Crippen MR) is 73.8 cm³/mol. The minimum Gasteiger partial charge on any atom is -0.356 e. The molecule has 0 aliphatic heterocycles. The van der Waals surface area contributed by atoms with Crippen LogP contribution in [0.3, 0.4) is 0 Å². The molecule has 0 fully saturated rings. The molecule has 96 valence electrons. The van der Waals surface area contributed by atoms with Gasteiger partial charge in [0.15, 0.2) is 0 Å². The van der Waals surface area contributed by atoms with Gasteiger partial charge >= 0.3 is 0 Å². The number of hydrogen-bond acceptors (Lipinski definition) is 3. The normalized spacial score (nSPS) is 10.6. The van der Waals surface area contributed by atoms with Crippen LogP contribution in [-0.2, 0) is 6.54 Å². The van der Waals surface area contributed by atoms with Crippen LogP contribution in [0.15, 0.2) is 24.7 Å². The van der Waals surface area contributed by atoms with E-state index in [1.165, 1.54) is 11.1 Å². The number of aromatic nitrogens is 3. The Morgan fingerprint density at radius 2 is 2.17 bits per heavy atom. The highest BCUT2D eigenvalue weighted by Crippen LogP contribution is 2.14. The first-order valence-electron chi connectivity index (χ1n) is 6.38. The number of nitrogens with zero attached hydrogens (tertiary/aromatic N) is 3. The largest absolute Gasteiger partial charge is 0.356 e. The third-order valence-electron chi connectivity index (χ3n) is 2.91. The molecule has 4 nitrogen and oxygen atoms in total. The van der Waals surface area contributed by atoms with Crippen LogP contribution in [0, 0.1) is 13.8 Å². The minimum atomic E-state index is 0.835. The van der Waals surface area contributed by atoms with Gasteiger partial charge in [0, 0.05) is 25.1 Å². The van der Waals surface area contributed by atoms with Crippen molar-refractivity contribution < 1.29 is 0 Å². The van der Waals surface area contributed by atoms with Gasteiger partial charge in [-0.15, -0.1) is 0 Å². The van der Waals surface area contributed by atoms with Crippen molar-refractivity contribution in [2.75, 3.05) is 11.9 Å². The molecule has 18 heavy (non-hydrogen) atoms. The van der Waals surface area contributed by atoms with Gasteiger partial charge in [0.1, 0.15) is 0 Å². The van der Waals surface area contributed by atoms with Gasteiger partial charge in [0.05, 0.1) is 12.2 Å². The van der Waals surface area contributed by atoms with Gasteiger partial charge in [0.2, 0.25) is 5.95 Å². The van der Waals surface area contributed by atoms with E-state index >= 15 is 0 Å². The van der Waals surface area contributed by atoms with Gasteiger partial charge in [-0.05, 0) is 37.5 Å². The van der Waals surface area contributed by atoms with Gasteiger partial charge in [-0.1, -0.05) is 6.92 Å². The molecule has 4 heteroatoms. The molecular formula is C14H20N4. The third-order valence-corrected chi connectivity index (χ3v) is 2.91. The van der Waals surface area contributed by atoms with Crippen molar-refractivity contribution >= 4 is 5.95 Å². The van der Waals surface area contributed by atoms with E-state index < -0.39 is 0 Å². The monoisotopic (exact) mass is 244 g/mol. The number of pyridine rings is 1. The molecule has 0 atom stereocenters. The summed E-state index contributed by atoms with van der Waals surface area (Å²) < 4.78 is 2.16. The number of rotatable bonds is 5. The van der Waals surface area contributed by atoms with Crippen molar-refractivity contribution in [3.63, 3.8) is 0 Å². The zero-order valence-electron chi connectivity index (χ0n) is 11.3. The summed E-state index contributed by atoms with van der Waals surface area (Å²) in [6.07, 6.45) is 6.92. The van der Waals surface area contributed by atoms with E-state index in [2.05, 4.69) is 46.0 Å². The lowest BCUT2D eigenvalue weighted by Crippen LogP contribution is -2.09. The molecular weight excluding hydrogens is 224 g/mol. The Morgan fingerprint density at radius 3 is 2.89 bits per heavy atom. The molecule has 2 aromatic rings. The van der Waals surface area contributed by atoms with Crippen LogP contribution in [-0.4, -0.2) is 21.1 Å². The average Bonchev–Trinajstić information content (AvgIpc) is 2.70. The van der Waals surface area contributed by atoms with Crippen LogP contribution in [0.2, 0.25) is 0 Å². The van der Waals surface area contributed by atoms with E-state index in [0.717, 1.165) is 31.2 Å². The van der Waals surface area contributed by atoms with E-state index in [0.29, 0.717) is 0 Å². The molecule has 0 saturated heterocycles. The summed E-state index contributed by atoms with van der Waals surface area (Å²) in [5, 5.41) is 3.36. The first kappa shape index (κ1) is 12.6. The summed E-state index contributed by atoms with van der Waals surface area (Å²) >= 11 is 0. The SMILES string of the molecule is CCCNc1nc(C)cn1Cc1ccncc1C. The van der Waals surface area contributed by atoms with Crippen LogP contribution in [0.1, 0.15) is 30.2 Å².